The summed E-state index contributed by atoms with van der Waals surface area (Å²) in [6, 6.07) is 20.3. The molecule has 1 heterocycles. The van der Waals surface area contributed by atoms with Crippen LogP contribution in [-0.4, -0.2) is 23.3 Å². The van der Waals surface area contributed by atoms with Crippen LogP contribution in [0.25, 0.3) is 21.8 Å². The molecule has 0 aliphatic rings. The summed E-state index contributed by atoms with van der Waals surface area (Å²) in [6.45, 7) is -1.28. The van der Waals surface area contributed by atoms with Crippen LogP contribution in [-0.2, 0) is 17.9 Å². The Kier molecular flexibility index (Phi) is 5.85. The van der Waals surface area contributed by atoms with Gasteiger partial charge in [-0.2, -0.15) is 13.2 Å². The molecule has 4 aromatic rings. The maximum absolute atomic E-state index is 12.8. The number of benzene rings is 3. The molecule has 0 bridgehead atoms. The highest BCUT2D eigenvalue weighted by atomic mass is 19.4. The Balaban J connectivity index is 1.53. The first-order chi connectivity index (χ1) is 15.3. The van der Waals surface area contributed by atoms with Gasteiger partial charge in [-0.05, 0) is 42.0 Å². The number of carbonyl (C=O) groups excluding carboxylic acids is 1. The van der Waals surface area contributed by atoms with E-state index >= 15 is 0 Å². The quantitative estimate of drug-likeness (QED) is 0.452. The second-order valence-corrected chi connectivity index (χ2v) is 7.28. The van der Waals surface area contributed by atoms with Gasteiger partial charge in [0.2, 0.25) is 5.91 Å². The number of aromatic nitrogens is 1. The third-order valence-corrected chi connectivity index (χ3v) is 4.97. The van der Waals surface area contributed by atoms with Crippen molar-refractivity contribution in [3.8, 4) is 5.75 Å². The van der Waals surface area contributed by atoms with Gasteiger partial charge in [-0.25, -0.2) is 0 Å². The maximum atomic E-state index is 12.8. The summed E-state index contributed by atoms with van der Waals surface area (Å²) in [7, 11) is 0. The number of hydrogen-bond donors (Lipinski definition) is 1. The monoisotopic (exact) mass is 440 g/mol. The molecular weight excluding hydrogens is 421 g/mol. The summed E-state index contributed by atoms with van der Waals surface area (Å²) in [5, 5.41) is 3.82. The fourth-order valence-electron chi connectivity index (χ4n) is 3.56. The summed E-state index contributed by atoms with van der Waals surface area (Å²) < 4.78 is 43.6. The predicted molar refractivity (Wildman–Crippen MR) is 116 cm³/mol. The number of rotatable bonds is 6. The van der Waals surface area contributed by atoms with Gasteiger partial charge in [0.15, 0.2) is 12.0 Å². The summed E-state index contributed by atoms with van der Waals surface area (Å²) >= 11 is 0. The summed E-state index contributed by atoms with van der Waals surface area (Å²) in [4.78, 5) is 25.5. The lowest BCUT2D eigenvalue weighted by molar-refractivity contribution is -0.153. The number of nitrogens with zero attached hydrogens (tertiary/aromatic N) is 1. The molecule has 8 heteroatoms. The van der Waals surface area contributed by atoms with Crippen LogP contribution in [0.15, 0.2) is 77.6 Å². The minimum absolute atomic E-state index is 0.0223. The van der Waals surface area contributed by atoms with Crippen LogP contribution in [0.5, 0.6) is 5.75 Å². The summed E-state index contributed by atoms with van der Waals surface area (Å²) in [6.07, 6.45) is -4.42. The van der Waals surface area contributed by atoms with E-state index in [1.165, 1.54) is 12.1 Å². The third-order valence-electron chi connectivity index (χ3n) is 4.97. The van der Waals surface area contributed by atoms with Crippen molar-refractivity contribution < 1.29 is 22.7 Å². The highest BCUT2D eigenvalue weighted by Gasteiger charge is 2.28. The molecule has 0 aliphatic carbocycles. The molecule has 0 atom stereocenters. The van der Waals surface area contributed by atoms with Crippen molar-refractivity contribution in [3.05, 3.63) is 88.6 Å². The topological polar surface area (TPSA) is 60.3 Å². The number of fused-ring (bicyclic) bond motifs is 2. The van der Waals surface area contributed by atoms with Crippen molar-refractivity contribution >= 4 is 27.7 Å². The van der Waals surface area contributed by atoms with E-state index < -0.39 is 12.8 Å². The van der Waals surface area contributed by atoms with E-state index in [0.717, 1.165) is 0 Å². The van der Waals surface area contributed by atoms with Crippen LogP contribution in [0, 0.1) is 0 Å². The molecule has 1 N–H and O–H groups in total. The molecular formula is C24H19F3N2O3. The minimum Gasteiger partial charge on any atom is -0.484 e. The zero-order chi connectivity index (χ0) is 22.7. The van der Waals surface area contributed by atoms with Gasteiger partial charge in [0.1, 0.15) is 12.3 Å². The van der Waals surface area contributed by atoms with Gasteiger partial charge < -0.3 is 14.6 Å². The first-order valence-electron chi connectivity index (χ1n) is 9.87. The van der Waals surface area contributed by atoms with Crippen LogP contribution in [0.4, 0.5) is 13.2 Å². The number of alkyl halides is 3. The van der Waals surface area contributed by atoms with Crippen molar-refractivity contribution in [2.24, 2.45) is 0 Å². The van der Waals surface area contributed by atoms with E-state index in [1.54, 1.807) is 65.2 Å². The number of amides is 1. The van der Waals surface area contributed by atoms with E-state index in [9.17, 15) is 22.8 Å². The van der Waals surface area contributed by atoms with E-state index in [1.807, 2.05) is 0 Å². The number of nitrogens with one attached hydrogen (secondary N) is 1. The summed E-state index contributed by atoms with van der Waals surface area (Å²) in [5.41, 5.74) is 1.80. The van der Waals surface area contributed by atoms with Gasteiger partial charge in [-0.3, -0.25) is 9.59 Å². The molecule has 4 rings (SSSR count). The lowest BCUT2D eigenvalue weighted by Gasteiger charge is -2.15. The molecule has 0 fully saturated rings. The lowest BCUT2D eigenvalue weighted by Crippen LogP contribution is -2.28. The number of halogens is 3. The van der Waals surface area contributed by atoms with Gasteiger partial charge in [-0.15, -0.1) is 0 Å². The molecule has 0 saturated heterocycles. The summed E-state index contributed by atoms with van der Waals surface area (Å²) in [5.74, 6) is -0.225. The Morgan fingerprint density at radius 2 is 1.53 bits per heavy atom. The normalized spacial score (nSPS) is 11.6. The van der Waals surface area contributed by atoms with Gasteiger partial charge >= 0.3 is 6.18 Å². The Hall–Kier alpha value is -3.81. The van der Waals surface area contributed by atoms with Crippen LogP contribution < -0.4 is 15.5 Å². The van der Waals surface area contributed by atoms with Gasteiger partial charge in [-0.1, -0.05) is 36.4 Å². The van der Waals surface area contributed by atoms with Gasteiger partial charge in [0.25, 0.3) is 0 Å². The van der Waals surface area contributed by atoms with Crippen LogP contribution in [0.2, 0.25) is 0 Å². The highest BCUT2D eigenvalue weighted by molar-refractivity contribution is 5.94. The Labute approximate surface area is 181 Å². The zero-order valence-corrected chi connectivity index (χ0v) is 16.9. The zero-order valence-electron chi connectivity index (χ0n) is 16.9. The van der Waals surface area contributed by atoms with Crippen molar-refractivity contribution in [1.82, 2.24) is 9.88 Å². The smallest absolute Gasteiger partial charge is 0.422 e. The van der Waals surface area contributed by atoms with Gasteiger partial charge in [0.05, 0.1) is 11.0 Å². The Morgan fingerprint density at radius 1 is 0.906 bits per heavy atom. The Bertz CT molecular complexity index is 1290. The molecule has 0 unspecified atom stereocenters. The highest BCUT2D eigenvalue weighted by Crippen LogP contribution is 2.20. The van der Waals surface area contributed by atoms with Gasteiger partial charge in [0, 0.05) is 17.3 Å². The van der Waals surface area contributed by atoms with Crippen molar-refractivity contribution in [3.63, 3.8) is 0 Å². The molecule has 0 saturated carbocycles. The Morgan fingerprint density at radius 3 is 2.16 bits per heavy atom. The fourth-order valence-corrected chi connectivity index (χ4v) is 3.56. The predicted octanol–water partition coefficient (Wildman–Crippen LogP) is 4.41. The molecule has 0 radical (unpaired) electrons. The number of ether oxygens (including phenoxy) is 1. The second-order valence-electron chi connectivity index (χ2n) is 7.28. The SMILES string of the molecule is O=C(Cn1c2ccccc2c(=O)c2ccccc21)NCc1cccc(OCC(F)(F)F)c1. The molecule has 1 amide bonds. The largest absolute Gasteiger partial charge is 0.484 e. The molecule has 164 valence electrons. The molecule has 0 aliphatic heterocycles. The first kappa shape index (κ1) is 21.4. The van der Waals surface area contributed by atoms with E-state index in [2.05, 4.69) is 5.32 Å². The number of pyridine rings is 1. The van der Waals surface area contributed by atoms with E-state index in [0.29, 0.717) is 27.4 Å². The second kappa shape index (κ2) is 8.74. The molecule has 1 aromatic heterocycles. The first-order valence-corrected chi connectivity index (χ1v) is 9.87. The van der Waals surface area contributed by atoms with E-state index in [-0.39, 0.29) is 30.2 Å². The number of carbonyl (C=O) groups is 1. The van der Waals surface area contributed by atoms with Crippen LogP contribution in [0.3, 0.4) is 0 Å². The van der Waals surface area contributed by atoms with Crippen molar-refractivity contribution in [2.45, 2.75) is 19.3 Å². The standard InChI is InChI=1S/C24H19F3N2O3/c25-24(26,27)15-32-17-7-5-6-16(12-17)13-28-22(30)14-29-20-10-3-1-8-18(20)23(31)19-9-2-4-11-21(19)29/h1-12H,13-15H2,(H,28,30). The minimum atomic E-state index is -4.42. The fraction of sp³-hybridized carbons (Fsp3) is 0.167. The third kappa shape index (κ3) is 4.74. The van der Waals surface area contributed by atoms with Crippen molar-refractivity contribution in [1.29, 1.82) is 0 Å². The van der Waals surface area contributed by atoms with Crippen LogP contribution >= 0.6 is 0 Å². The van der Waals surface area contributed by atoms with Crippen LogP contribution in [0.1, 0.15) is 5.56 Å². The average molecular weight is 440 g/mol. The average Bonchev–Trinajstić information content (AvgIpc) is 2.79. The van der Waals surface area contributed by atoms with E-state index in [4.69, 9.17) is 4.74 Å². The molecule has 3 aromatic carbocycles. The lowest BCUT2D eigenvalue weighted by atomic mass is 10.1. The number of para-hydroxylation sites is 2. The number of hydrogen-bond acceptors (Lipinski definition) is 3. The molecule has 5 nitrogen and oxygen atoms in total. The van der Waals surface area contributed by atoms with Crippen molar-refractivity contribution in [2.75, 3.05) is 6.61 Å². The maximum Gasteiger partial charge on any atom is 0.422 e. The molecule has 0 spiro atoms. The molecule has 32 heavy (non-hydrogen) atoms.